The number of ether oxygens (including phenoxy) is 1. The van der Waals surface area contributed by atoms with Crippen LogP contribution in [0.2, 0.25) is 0 Å². The van der Waals surface area contributed by atoms with Gasteiger partial charge in [0.1, 0.15) is 11.2 Å². The lowest BCUT2D eigenvalue weighted by Crippen LogP contribution is -2.54. The van der Waals surface area contributed by atoms with E-state index in [1.54, 1.807) is 13.8 Å². The van der Waals surface area contributed by atoms with Crippen molar-refractivity contribution in [1.29, 1.82) is 0 Å². The van der Waals surface area contributed by atoms with Crippen molar-refractivity contribution in [3.8, 4) is 0 Å². The fourth-order valence-electron chi connectivity index (χ4n) is 5.07. The first kappa shape index (κ1) is 19.7. The third kappa shape index (κ3) is 3.14. The average Bonchev–Trinajstić information content (AvgIpc) is 2.50. The minimum atomic E-state index is -1.08. The standard InChI is InChI=1S/C22H32O3/c1-8-25-21(24)22(18(7)23)17(6)14(3)9-10-19(22)20-15(4)11-13(2)12-16(20)5/h11-12,14,17,19H,8-10H2,1-7H3. The Labute approximate surface area is 152 Å². The highest BCUT2D eigenvalue weighted by atomic mass is 16.5. The summed E-state index contributed by atoms with van der Waals surface area (Å²) < 4.78 is 5.46. The van der Waals surface area contributed by atoms with Gasteiger partial charge in [-0.2, -0.15) is 0 Å². The summed E-state index contributed by atoms with van der Waals surface area (Å²) in [7, 11) is 0. The van der Waals surface area contributed by atoms with Gasteiger partial charge in [0, 0.05) is 5.92 Å². The molecule has 0 N–H and O–H groups in total. The summed E-state index contributed by atoms with van der Waals surface area (Å²) in [5.41, 5.74) is 3.62. The van der Waals surface area contributed by atoms with E-state index in [-0.39, 0.29) is 23.6 Å². The molecule has 0 aliphatic heterocycles. The highest BCUT2D eigenvalue weighted by Gasteiger charge is 2.59. The number of hydrogen-bond donors (Lipinski definition) is 0. The first-order valence-electron chi connectivity index (χ1n) is 9.43. The van der Waals surface area contributed by atoms with Crippen LogP contribution in [0.1, 0.15) is 68.7 Å². The molecular formula is C22H32O3. The highest BCUT2D eigenvalue weighted by molar-refractivity contribution is 6.04. The monoisotopic (exact) mass is 344 g/mol. The summed E-state index contributed by atoms with van der Waals surface area (Å²) in [5.74, 6) is -0.241. The Balaban J connectivity index is 2.73. The van der Waals surface area contributed by atoms with Crippen LogP contribution in [0.3, 0.4) is 0 Å². The molecule has 0 aromatic heterocycles. The second-order valence-corrected chi connectivity index (χ2v) is 7.85. The molecule has 3 nitrogen and oxygen atoms in total. The van der Waals surface area contributed by atoms with Gasteiger partial charge in [0.25, 0.3) is 0 Å². The molecule has 1 aliphatic rings. The topological polar surface area (TPSA) is 43.4 Å². The number of carbonyl (C=O) groups excluding carboxylic acids is 2. The van der Waals surface area contributed by atoms with Gasteiger partial charge in [0.15, 0.2) is 0 Å². The molecule has 0 bridgehead atoms. The molecule has 1 aromatic rings. The maximum absolute atomic E-state index is 13.1. The Kier molecular flexibility index (Phi) is 5.75. The van der Waals surface area contributed by atoms with Gasteiger partial charge in [-0.1, -0.05) is 31.5 Å². The van der Waals surface area contributed by atoms with Gasteiger partial charge in [-0.05, 0) is 76.0 Å². The zero-order chi connectivity index (χ0) is 18.9. The SMILES string of the molecule is CCOC(=O)C1(C(C)=O)C(c2c(C)cc(C)cc2C)CCC(C)C1C. The van der Waals surface area contributed by atoms with Gasteiger partial charge in [-0.3, -0.25) is 9.59 Å². The molecule has 4 atom stereocenters. The number of ketones is 1. The second-order valence-electron chi connectivity index (χ2n) is 7.85. The lowest BCUT2D eigenvalue weighted by atomic mass is 9.53. The van der Waals surface area contributed by atoms with E-state index in [2.05, 4.69) is 39.8 Å². The minimum absolute atomic E-state index is 0.0390. The van der Waals surface area contributed by atoms with Crippen LogP contribution in [0, 0.1) is 38.0 Å². The number of aryl methyl sites for hydroxylation is 3. The number of carbonyl (C=O) groups is 2. The zero-order valence-corrected chi connectivity index (χ0v) is 16.7. The first-order valence-corrected chi connectivity index (χ1v) is 9.43. The maximum atomic E-state index is 13.1. The molecular weight excluding hydrogens is 312 g/mol. The third-order valence-corrected chi connectivity index (χ3v) is 6.31. The van der Waals surface area contributed by atoms with Gasteiger partial charge < -0.3 is 4.74 Å². The van der Waals surface area contributed by atoms with Crippen molar-refractivity contribution in [2.45, 2.75) is 67.2 Å². The number of Topliss-reactive ketones (excluding diaryl/α,β-unsaturated/α-hetero) is 1. The van der Waals surface area contributed by atoms with Gasteiger partial charge in [-0.25, -0.2) is 0 Å². The largest absolute Gasteiger partial charge is 0.465 e. The lowest BCUT2D eigenvalue weighted by molar-refractivity contribution is -0.169. The van der Waals surface area contributed by atoms with Crippen LogP contribution in [0.4, 0.5) is 0 Å². The van der Waals surface area contributed by atoms with Crippen LogP contribution >= 0.6 is 0 Å². The van der Waals surface area contributed by atoms with E-state index in [4.69, 9.17) is 4.74 Å². The molecule has 2 rings (SSSR count). The molecule has 0 saturated heterocycles. The molecule has 1 saturated carbocycles. The normalized spacial score (nSPS) is 29.3. The molecule has 4 unspecified atom stereocenters. The van der Waals surface area contributed by atoms with E-state index < -0.39 is 5.41 Å². The molecule has 25 heavy (non-hydrogen) atoms. The molecule has 0 amide bonds. The van der Waals surface area contributed by atoms with Crippen molar-refractivity contribution in [1.82, 2.24) is 0 Å². The summed E-state index contributed by atoms with van der Waals surface area (Å²) >= 11 is 0. The fraction of sp³-hybridized carbons (Fsp3) is 0.636. The van der Waals surface area contributed by atoms with Gasteiger partial charge in [0.05, 0.1) is 6.61 Å². The van der Waals surface area contributed by atoms with E-state index in [0.717, 1.165) is 18.4 Å². The minimum Gasteiger partial charge on any atom is -0.465 e. The quantitative estimate of drug-likeness (QED) is 0.576. The maximum Gasteiger partial charge on any atom is 0.320 e. The van der Waals surface area contributed by atoms with Gasteiger partial charge >= 0.3 is 5.97 Å². The molecule has 3 heteroatoms. The molecule has 1 aromatic carbocycles. The van der Waals surface area contributed by atoms with Crippen molar-refractivity contribution in [2.75, 3.05) is 6.61 Å². The number of benzene rings is 1. The predicted octanol–water partition coefficient (Wildman–Crippen LogP) is 4.90. The number of esters is 1. The van der Waals surface area contributed by atoms with Crippen LogP contribution < -0.4 is 0 Å². The van der Waals surface area contributed by atoms with Crippen LogP contribution in [0.25, 0.3) is 0 Å². The summed E-state index contributed by atoms with van der Waals surface area (Å²) in [6.45, 7) is 14.1. The van der Waals surface area contributed by atoms with E-state index in [0.29, 0.717) is 12.5 Å². The van der Waals surface area contributed by atoms with Crippen LogP contribution in [-0.4, -0.2) is 18.4 Å². The van der Waals surface area contributed by atoms with Gasteiger partial charge in [0.2, 0.25) is 0 Å². The molecule has 138 valence electrons. The van der Waals surface area contributed by atoms with E-state index in [9.17, 15) is 9.59 Å². The number of hydrogen-bond acceptors (Lipinski definition) is 3. The highest BCUT2D eigenvalue weighted by Crippen LogP contribution is 2.55. The lowest BCUT2D eigenvalue weighted by Gasteiger charge is -2.48. The summed E-state index contributed by atoms with van der Waals surface area (Å²) in [4.78, 5) is 26.1. The molecule has 0 heterocycles. The Bertz CT molecular complexity index is 653. The summed E-state index contributed by atoms with van der Waals surface area (Å²) in [6, 6.07) is 4.31. The zero-order valence-electron chi connectivity index (χ0n) is 16.7. The van der Waals surface area contributed by atoms with Crippen LogP contribution in [0.5, 0.6) is 0 Å². The van der Waals surface area contributed by atoms with Crippen molar-refractivity contribution in [2.24, 2.45) is 17.3 Å². The molecule has 0 radical (unpaired) electrons. The predicted molar refractivity (Wildman–Crippen MR) is 101 cm³/mol. The Morgan fingerprint density at radius 2 is 1.68 bits per heavy atom. The van der Waals surface area contributed by atoms with Crippen LogP contribution in [0.15, 0.2) is 12.1 Å². The van der Waals surface area contributed by atoms with Crippen molar-refractivity contribution < 1.29 is 14.3 Å². The Hall–Kier alpha value is -1.64. The van der Waals surface area contributed by atoms with Crippen molar-refractivity contribution in [3.63, 3.8) is 0 Å². The second kappa shape index (κ2) is 7.31. The van der Waals surface area contributed by atoms with Crippen molar-refractivity contribution >= 4 is 11.8 Å². The Morgan fingerprint density at radius 1 is 1.12 bits per heavy atom. The molecule has 1 fully saturated rings. The first-order chi connectivity index (χ1) is 11.7. The van der Waals surface area contributed by atoms with E-state index in [1.807, 2.05) is 6.92 Å². The Morgan fingerprint density at radius 3 is 2.16 bits per heavy atom. The van der Waals surface area contributed by atoms with Crippen molar-refractivity contribution in [3.05, 3.63) is 34.4 Å². The average molecular weight is 344 g/mol. The molecule has 1 aliphatic carbocycles. The van der Waals surface area contributed by atoms with Gasteiger partial charge in [-0.15, -0.1) is 0 Å². The number of rotatable bonds is 4. The summed E-state index contributed by atoms with van der Waals surface area (Å²) in [5, 5.41) is 0. The van der Waals surface area contributed by atoms with Crippen LogP contribution in [-0.2, 0) is 14.3 Å². The molecule has 0 spiro atoms. The fourth-order valence-corrected chi connectivity index (χ4v) is 5.07. The third-order valence-electron chi connectivity index (χ3n) is 6.31. The summed E-state index contributed by atoms with van der Waals surface area (Å²) in [6.07, 6.45) is 1.86. The van der Waals surface area contributed by atoms with E-state index in [1.165, 1.54) is 16.7 Å². The smallest absolute Gasteiger partial charge is 0.320 e. The van der Waals surface area contributed by atoms with E-state index >= 15 is 0 Å².